The van der Waals surface area contributed by atoms with Gasteiger partial charge in [-0.2, -0.15) is 0 Å². The Morgan fingerprint density at radius 2 is 1.57 bits per heavy atom. The maximum atomic E-state index is 12.0. The van der Waals surface area contributed by atoms with E-state index in [-0.39, 0.29) is 5.91 Å². The summed E-state index contributed by atoms with van der Waals surface area (Å²) in [7, 11) is 0. The number of hydrazine groups is 1. The van der Waals surface area contributed by atoms with Crippen LogP contribution in [0, 0.1) is 6.92 Å². The van der Waals surface area contributed by atoms with Gasteiger partial charge >= 0.3 is 0 Å². The fraction of sp³-hybridized carbons (Fsp3) is 0.0556. The van der Waals surface area contributed by atoms with E-state index in [2.05, 4.69) is 21.0 Å². The van der Waals surface area contributed by atoms with Crippen molar-refractivity contribution in [1.82, 2.24) is 15.6 Å². The molecule has 1 aromatic heterocycles. The summed E-state index contributed by atoms with van der Waals surface area (Å²) in [5.74, 6) is 0.299. The lowest BCUT2D eigenvalue weighted by Gasteiger charge is -2.10. The Labute approximate surface area is 134 Å². The first-order chi connectivity index (χ1) is 11.2. The number of hydrogen-bond acceptors (Lipinski definition) is 4. The van der Waals surface area contributed by atoms with Crippen LogP contribution in [0.3, 0.4) is 0 Å². The van der Waals surface area contributed by atoms with Gasteiger partial charge in [-0.3, -0.25) is 15.6 Å². The summed E-state index contributed by atoms with van der Waals surface area (Å²) in [6, 6.07) is 20.7. The number of carbonyl (C=O) groups excluding carboxylic acids is 1. The number of amides is 1. The number of carbonyl (C=O) groups is 1. The highest BCUT2D eigenvalue weighted by molar-refractivity contribution is 5.94. The number of hydrogen-bond donors (Lipinski definition) is 2. The summed E-state index contributed by atoms with van der Waals surface area (Å²) in [5, 5.41) is 8.34. The van der Waals surface area contributed by atoms with Gasteiger partial charge in [0.25, 0.3) is 5.91 Å². The summed E-state index contributed by atoms with van der Waals surface area (Å²) < 4.78 is 0. The van der Waals surface area contributed by atoms with Gasteiger partial charge < -0.3 is 0 Å². The molecule has 114 valence electrons. The zero-order chi connectivity index (χ0) is 16.1. The van der Waals surface area contributed by atoms with Crippen molar-refractivity contribution in [3.05, 3.63) is 77.9 Å². The second kappa shape index (κ2) is 6.70. The van der Waals surface area contributed by atoms with Crippen LogP contribution in [0.5, 0.6) is 0 Å². The minimum atomic E-state index is -0.223. The van der Waals surface area contributed by atoms with Gasteiger partial charge in [0.15, 0.2) is 5.82 Å². The number of anilines is 1. The first kappa shape index (κ1) is 14.7. The second-order valence-electron chi connectivity index (χ2n) is 5.07. The summed E-state index contributed by atoms with van der Waals surface area (Å²) in [4.78, 5) is 12.0. The van der Waals surface area contributed by atoms with Crippen molar-refractivity contribution in [2.75, 3.05) is 5.43 Å². The third-order valence-electron chi connectivity index (χ3n) is 3.38. The highest BCUT2D eigenvalue weighted by Crippen LogP contribution is 2.19. The maximum absolute atomic E-state index is 12.0. The smallest absolute Gasteiger partial charge is 0.269 e. The molecule has 2 N–H and O–H groups in total. The summed E-state index contributed by atoms with van der Waals surface area (Å²) in [5.41, 5.74) is 8.71. The van der Waals surface area contributed by atoms with E-state index in [0.29, 0.717) is 11.4 Å². The minimum absolute atomic E-state index is 0.223. The summed E-state index contributed by atoms with van der Waals surface area (Å²) in [6.45, 7) is 1.91. The van der Waals surface area contributed by atoms with E-state index in [1.165, 1.54) is 0 Å². The van der Waals surface area contributed by atoms with Crippen molar-refractivity contribution in [3.8, 4) is 11.3 Å². The topological polar surface area (TPSA) is 66.9 Å². The molecule has 0 bridgehead atoms. The van der Waals surface area contributed by atoms with Crippen molar-refractivity contribution < 1.29 is 4.79 Å². The Bertz CT molecular complexity index is 804. The zero-order valence-electron chi connectivity index (χ0n) is 12.7. The Balaban J connectivity index is 1.71. The van der Waals surface area contributed by atoms with Crippen LogP contribution in [-0.4, -0.2) is 16.1 Å². The van der Waals surface area contributed by atoms with Crippen LogP contribution in [0.15, 0.2) is 66.7 Å². The normalized spacial score (nSPS) is 10.1. The molecule has 0 aliphatic heterocycles. The molecule has 23 heavy (non-hydrogen) atoms. The van der Waals surface area contributed by atoms with Crippen molar-refractivity contribution in [2.24, 2.45) is 0 Å². The molecule has 1 amide bonds. The minimum Gasteiger partial charge on any atom is -0.280 e. The predicted molar refractivity (Wildman–Crippen MR) is 89.7 cm³/mol. The van der Waals surface area contributed by atoms with E-state index in [9.17, 15) is 4.79 Å². The standard InChI is InChI=1S/C18H16N4O/c1-13-12-16(14-8-4-2-5-9-14)19-20-17(13)21-22-18(23)15-10-6-3-7-11-15/h2-12H,1H3,(H,20,21)(H,22,23). The summed E-state index contributed by atoms with van der Waals surface area (Å²) in [6.07, 6.45) is 0. The number of nitrogens with one attached hydrogen (secondary N) is 2. The molecule has 5 heteroatoms. The Kier molecular flexibility index (Phi) is 4.29. The monoisotopic (exact) mass is 304 g/mol. The van der Waals surface area contributed by atoms with Gasteiger partial charge in [0.1, 0.15) is 0 Å². The van der Waals surface area contributed by atoms with Gasteiger partial charge in [0.2, 0.25) is 0 Å². The molecule has 3 rings (SSSR count). The maximum Gasteiger partial charge on any atom is 0.269 e. The number of aryl methyl sites for hydroxylation is 1. The van der Waals surface area contributed by atoms with Crippen LogP contribution in [0.2, 0.25) is 0 Å². The van der Waals surface area contributed by atoms with E-state index in [4.69, 9.17) is 0 Å². The third kappa shape index (κ3) is 3.52. The van der Waals surface area contributed by atoms with Crippen molar-refractivity contribution in [3.63, 3.8) is 0 Å². The third-order valence-corrected chi connectivity index (χ3v) is 3.38. The molecule has 0 radical (unpaired) electrons. The lowest BCUT2D eigenvalue weighted by Crippen LogP contribution is -2.30. The highest BCUT2D eigenvalue weighted by Gasteiger charge is 2.08. The predicted octanol–water partition coefficient (Wildman–Crippen LogP) is 3.21. The molecule has 0 atom stereocenters. The molecule has 0 saturated heterocycles. The molecule has 3 aromatic rings. The molecule has 0 unspecified atom stereocenters. The Hall–Kier alpha value is -3.21. The van der Waals surface area contributed by atoms with Gasteiger partial charge in [-0.15, -0.1) is 10.2 Å². The quantitative estimate of drug-likeness (QED) is 0.726. The Morgan fingerprint density at radius 3 is 2.22 bits per heavy atom. The molecule has 1 heterocycles. The van der Waals surface area contributed by atoms with Crippen LogP contribution >= 0.6 is 0 Å². The molecule has 5 nitrogen and oxygen atoms in total. The zero-order valence-corrected chi connectivity index (χ0v) is 12.7. The van der Waals surface area contributed by atoms with Crippen LogP contribution in [-0.2, 0) is 0 Å². The highest BCUT2D eigenvalue weighted by atomic mass is 16.2. The van der Waals surface area contributed by atoms with E-state index in [1.807, 2.05) is 61.5 Å². The van der Waals surface area contributed by atoms with Crippen molar-refractivity contribution in [2.45, 2.75) is 6.92 Å². The van der Waals surface area contributed by atoms with Crippen molar-refractivity contribution in [1.29, 1.82) is 0 Å². The molecule has 2 aromatic carbocycles. The number of rotatable bonds is 4. The molecule has 0 fully saturated rings. The molecular formula is C18H16N4O. The fourth-order valence-electron chi connectivity index (χ4n) is 2.14. The summed E-state index contributed by atoms with van der Waals surface area (Å²) >= 11 is 0. The van der Waals surface area contributed by atoms with Gasteiger partial charge in [0, 0.05) is 11.1 Å². The van der Waals surface area contributed by atoms with E-state index in [1.54, 1.807) is 12.1 Å². The van der Waals surface area contributed by atoms with Gasteiger partial charge in [0.05, 0.1) is 5.69 Å². The van der Waals surface area contributed by atoms with Gasteiger partial charge in [-0.25, -0.2) is 0 Å². The van der Waals surface area contributed by atoms with E-state index < -0.39 is 0 Å². The first-order valence-electron chi connectivity index (χ1n) is 7.25. The van der Waals surface area contributed by atoms with Gasteiger partial charge in [-0.05, 0) is 30.7 Å². The van der Waals surface area contributed by atoms with Crippen LogP contribution in [0.25, 0.3) is 11.3 Å². The van der Waals surface area contributed by atoms with Crippen LogP contribution in [0.4, 0.5) is 5.82 Å². The largest absolute Gasteiger partial charge is 0.280 e. The molecule has 0 aliphatic carbocycles. The lowest BCUT2D eigenvalue weighted by molar-refractivity contribution is 0.0962. The van der Waals surface area contributed by atoms with Gasteiger partial charge in [-0.1, -0.05) is 48.5 Å². The van der Waals surface area contributed by atoms with Crippen LogP contribution in [0.1, 0.15) is 15.9 Å². The Morgan fingerprint density at radius 1 is 0.913 bits per heavy atom. The molecule has 0 spiro atoms. The second-order valence-corrected chi connectivity index (χ2v) is 5.07. The molecule has 0 saturated carbocycles. The van der Waals surface area contributed by atoms with Crippen LogP contribution < -0.4 is 10.9 Å². The fourth-order valence-corrected chi connectivity index (χ4v) is 2.14. The first-order valence-corrected chi connectivity index (χ1v) is 7.25. The average Bonchev–Trinajstić information content (AvgIpc) is 2.62. The molecular weight excluding hydrogens is 288 g/mol. The number of benzene rings is 2. The van der Waals surface area contributed by atoms with E-state index >= 15 is 0 Å². The lowest BCUT2D eigenvalue weighted by atomic mass is 10.1. The average molecular weight is 304 g/mol. The van der Waals surface area contributed by atoms with E-state index in [0.717, 1.165) is 16.8 Å². The number of nitrogens with zero attached hydrogens (tertiary/aromatic N) is 2. The molecule has 0 aliphatic rings. The number of aromatic nitrogens is 2. The SMILES string of the molecule is Cc1cc(-c2ccccc2)nnc1NNC(=O)c1ccccc1. The van der Waals surface area contributed by atoms with Crippen molar-refractivity contribution >= 4 is 11.7 Å².